The van der Waals surface area contributed by atoms with E-state index in [2.05, 4.69) is 30.5 Å². The van der Waals surface area contributed by atoms with Gasteiger partial charge in [-0.2, -0.15) is 5.10 Å². The average Bonchev–Trinajstić information content (AvgIpc) is 3.53. The van der Waals surface area contributed by atoms with Crippen LogP contribution in [-0.4, -0.2) is 36.0 Å². The first kappa shape index (κ1) is 23.4. The van der Waals surface area contributed by atoms with Crippen molar-refractivity contribution in [3.8, 4) is 33.9 Å². The lowest BCUT2D eigenvalue weighted by molar-refractivity contribution is -0.118. The van der Waals surface area contributed by atoms with Crippen molar-refractivity contribution < 1.29 is 13.6 Å². The van der Waals surface area contributed by atoms with Gasteiger partial charge in [0.1, 0.15) is 17.2 Å². The molecule has 0 aliphatic carbocycles. The van der Waals surface area contributed by atoms with Gasteiger partial charge >= 0.3 is 0 Å². The van der Waals surface area contributed by atoms with Crippen molar-refractivity contribution in [2.75, 3.05) is 5.32 Å². The molecule has 0 atom stereocenters. The molecule has 0 spiro atoms. The number of fused-ring (bicyclic) bond motifs is 2. The summed E-state index contributed by atoms with van der Waals surface area (Å²) in [6.45, 7) is 3.56. The Hall–Kier alpha value is -4.99. The summed E-state index contributed by atoms with van der Waals surface area (Å²) in [5.74, 6) is -0.998. The van der Waals surface area contributed by atoms with Gasteiger partial charge in [-0.05, 0) is 29.8 Å². The van der Waals surface area contributed by atoms with Crippen molar-refractivity contribution in [3.05, 3.63) is 78.8 Å². The number of anilines is 1. The molecule has 10 heteroatoms. The van der Waals surface area contributed by atoms with E-state index in [-0.39, 0.29) is 34.4 Å². The number of pyridine rings is 2. The number of rotatable bonds is 5. The van der Waals surface area contributed by atoms with E-state index in [1.165, 1.54) is 30.7 Å². The topological polar surface area (TPSA) is 112 Å². The number of hydrogen-bond donors (Lipinski definition) is 3. The molecule has 188 valence electrons. The highest BCUT2D eigenvalue weighted by Gasteiger charge is 2.21. The number of benzene rings is 2. The first-order chi connectivity index (χ1) is 18.4. The quantitative estimate of drug-likeness (QED) is 0.260. The molecule has 0 unspecified atom stereocenters. The summed E-state index contributed by atoms with van der Waals surface area (Å²) in [6, 6.07) is 13.4. The summed E-state index contributed by atoms with van der Waals surface area (Å²) in [6.07, 6.45) is 4.47. The van der Waals surface area contributed by atoms with Crippen molar-refractivity contribution in [3.63, 3.8) is 0 Å². The zero-order chi connectivity index (χ0) is 26.4. The Bertz CT molecular complexity index is 1840. The lowest BCUT2D eigenvalue weighted by Crippen LogP contribution is -2.17. The monoisotopic (exact) mass is 509 g/mol. The number of halogens is 2. The fourth-order valence-corrected chi connectivity index (χ4v) is 4.31. The summed E-state index contributed by atoms with van der Waals surface area (Å²) >= 11 is 0. The number of H-pyrrole nitrogens is 2. The van der Waals surface area contributed by atoms with Crippen LogP contribution in [0, 0.1) is 17.6 Å². The zero-order valence-electron chi connectivity index (χ0n) is 20.4. The van der Waals surface area contributed by atoms with Gasteiger partial charge in [-0.1, -0.05) is 38.1 Å². The second-order valence-corrected chi connectivity index (χ2v) is 9.19. The van der Waals surface area contributed by atoms with Crippen molar-refractivity contribution >= 4 is 33.5 Å². The standard InChI is InChI=1S/C28H21F2N7O/c1-14(2)28(38)33-18-10-16(11-31-12-18)24-23(30)22-21(13-32-24)36-37-26(22)27-34-20-8-4-7-19(25(20)35-27)15-5-3-6-17(29)9-15/h3-14H,1-2H3,(H,33,38)(H,34,35)(H,36,37). The molecule has 0 saturated heterocycles. The predicted octanol–water partition coefficient (Wildman–Crippen LogP) is 6.10. The Morgan fingerprint density at radius 1 is 0.947 bits per heavy atom. The molecule has 0 aliphatic heterocycles. The second kappa shape index (κ2) is 9.15. The zero-order valence-corrected chi connectivity index (χ0v) is 20.4. The minimum atomic E-state index is -0.605. The largest absolute Gasteiger partial charge is 0.337 e. The number of carbonyl (C=O) groups is 1. The van der Waals surface area contributed by atoms with Gasteiger partial charge < -0.3 is 10.3 Å². The van der Waals surface area contributed by atoms with E-state index < -0.39 is 5.82 Å². The van der Waals surface area contributed by atoms with Gasteiger partial charge in [0.15, 0.2) is 11.6 Å². The van der Waals surface area contributed by atoms with E-state index >= 15 is 4.39 Å². The molecule has 0 saturated carbocycles. The Balaban J connectivity index is 1.45. The first-order valence-corrected chi connectivity index (χ1v) is 11.9. The molecule has 4 aromatic heterocycles. The maximum Gasteiger partial charge on any atom is 0.226 e. The van der Waals surface area contributed by atoms with Crippen LogP contribution in [0.5, 0.6) is 0 Å². The molecule has 3 N–H and O–H groups in total. The van der Waals surface area contributed by atoms with Crippen molar-refractivity contribution in [1.29, 1.82) is 0 Å². The number of para-hydroxylation sites is 1. The summed E-state index contributed by atoms with van der Waals surface area (Å²) < 4.78 is 29.9. The van der Waals surface area contributed by atoms with Gasteiger partial charge in [-0.25, -0.2) is 13.8 Å². The van der Waals surface area contributed by atoms with E-state index in [0.29, 0.717) is 39.2 Å². The maximum absolute atomic E-state index is 16.0. The Kier molecular flexibility index (Phi) is 5.64. The molecule has 0 fully saturated rings. The number of carbonyl (C=O) groups excluding carboxylic acids is 1. The fourth-order valence-electron chi connectivity index (χ4n) is 4.31. The molecule has 0 bridgehead atoms. The predicted molar refractivity (Wildman–Crippen MR) is 141 cm³/mol. The van der Waals surface area contributed by atoms with Crippen LogP contribution in [0.1, 0.15) is 13.8 Å². The summed E-state index contributed by atoms with van der Waals surface area (Å²) in [5, 5.41) is 10.1. The number of imidazole rings is 1. The molecule has 0 radical (unpaired) electrons. The minimum absolute atomic E-state index is 0.0601. The fraction of sp³-hybridized carbons (Fsp3) is 0.107. The van der Waals surface area contributed by atoms with Crippen LogP contribution in [0.4, 0.5) is 14.5 Å². The number of nitrogens with one attached hydrogen (secondary N) is 3. The average molecular weight is 510 g/mol. The summed E-state index contributed by atoms with van der Waals surface area (Å²) in [5.41, 5.74) is 4.29. The van der Waals surface area contributed by atoms with Gasteiger partial charge in [0, 0.05) is 23.2 Å². The molecule has 0 aliphatic rings. The van der Waals surface area contributed by atoms with E-state index in [9.17, 15) is 9.18 Å². The number of nitrogens with zero attached hydrogens (tertiary/aromatic N) is 4. The van der Waals surface area contributed by atoms with E-state index in [4.69, 9.17) is 4.98 Å². The van der Waals surface area contributed by atoms with E-state index in [1.807, 2.05) is 18.2 Å². The van der Waals surface area contributed by atoms with Crippen molar-refractivity contribution in [2.45, 2.75) is 13.8 Å². The highest BCUT2D eigenvalue weighted by Crippen LogP contribution is 2.35. The van der Waals surface area contributed by atoms with Crippen LogP contribution in [0.25, 0.3) is 55.8 Å². The van der Waals surface area contributed by atoms with Gasteiger partial charge in [0.25, 0.3) is 0 Å². The molecule has 38 heavy (non-hydrogen) atoms. The molecule has 4 heterocycles. The van der Waals surface area contributed by atoms with Gasteiger partial charge in [0.2, 0.25) is 5.91 Å². The molecular weight excluding hydrogens is 488 g/mol. The molecule has 6 aromatic rings. The Morgan fingerprint density at radius 3 is 2.61 bits per heavy atom. The van der Waals surface area contributed by atoms with Crippen LogP contribution >= 0.6 is 0 Å². The van der Waals surface area contributed by atoms with E-state index in [0.717, 1.165) is 5.56 Å². The third-order valence-electron chi connectivity index (χ3n) is 6.22. The van der Waals surface area contributed by atoms with Crippen LogP contribution in [0.2, 0.25) is 0 Å². The minimum Gasteiger partial charge on any atom is -0.337 e. The van der Waals surface area contributed by atoms with Crippen LogP contribution in [0.15, 0.2) is 67.1 Å². The van der Waals surface area contributed by atoms with Crippen molar-refractivity contribution in [2.24, 2.45) is 5.92 Å². The normalized spacial score (nSPS) is 11.5. The van der Waals surface area contributed by atoms with Crippen LogP contribution in [0.3, 0.4) is 0 Å². The van der Waals surface area contributed by atoms with E-state index in [1.54, 1.807) is 32.0 Å². The maximum atomic E-state index is 16.0. The molecule has 1 amide bonds. The SMILES string of the molecule is CC(C)C(=O)Nc1cncc(-c2ncc3[nH]nc(-c4nc5c(-c6cccc(F)c6)cccc5[nH]4)c3c2F)c1. The molecule has 2 aromatic carbocycles. The Labute approximate surface area is 215 Å². The second-order valence-electron chi connectivity index (χ2n) is 9.19. The first-order valence-electron chi connectivity index (χ1n) is 11.9. The van der Waals surface area contributed by atoms with Crippen LogP contribution in [-0.2, 0) is 4.79 Å². The third kappa shape index (κ3) is 4.05. The number of amides is 1. The molecule has 6 rings (SSSR count). The molecule has 8 nitrogen and oxygen atoms in total. The smallest absolute Gasteiger partial charge is 0.226 e. The van der Waals surface area contributed by atoms with Gasteiger partial charge in [-0.3, -0.25) is 19.9 Å². The number of hydrogen-bond acceptors (Lipinski definition) is 5. The summed E-state index contributed by atoms with van der Waals surface area (Å²) in [4.78, 5) is 28.4. The lowest BCUT2D eigenvalue weighted by Gasteiger charge is -2.09. The van der Waals surface area contributed by atoms with Crippen LogP contribution < -0.4 is 5.32 Å². The van der Waals surface area contributed by atoms with Gasteiger partial charge in [-0.15, -0.1) is 0 Å². The van der Waals surface area contributed by atoms with Gasteiger partial charge in [0.05, 0.1) is 40.0 Å². The highest BCUT2D eigenvalue weighted by molar-refractivity contribution is 5.98. The summed E-state index contributed by atoms with van der Waals surface area (Å²) in [7, 11) is 0. The number of aromatic amines is 2. The Morgan fingerprint density at radius 2 is 1.79 bits per heavy atom. The highest BCUT2D eigenvalue weighted by atomic mass is 19.1. The molecular formula is C28H21F2N7O. The number of aromatic nitrogens is 6. The van der Waals surface area contributed by atoms with Crippen molar-refractivity contribution in [1.82, 2.24) is 30.1 Å². The lowest BCUT2D eigenvalue weighted by atomic mass is 10.0. The third-order valence-corrected chi connectivity index (χ3v) is 6.22.